The highest BCUT2D eigenvalue weighted by atomic mass is 32.2. The lowest BCUT2D eigenvalue weighted by molar-refractivity contribution is -0.0429. The number of oxime groups is 1. The molecule has 0 unspecified atom stereocenters. The van der Waals surface area contributed by atoms with E-state index in [1.807, 2.05) is 26.0 Å². The third kappa shape index (κ3) is 6.52. The molecule has 0 radical (unpaired) electrons. The summed E-state index contributed by atoms with van der Waals surface area (Å²) >= 11 is 0. The van der Waals surface area contributed by atoms with Crippen molar-refractivity contribution in [3.8, 4) is 0 Å². The fraction of sp³-hybridized carbons (Fsp3) is 0.480. The van der Waals surface area contributed by atoms with E-state index in [0.29, 0.717) is 11.6 Å². The molecule has 1 N–H and O–H groups in total. The lowest BCUT2D eigenvalue weighted by Gasteiger charge is -2.22. The number of benzene rings is 2. The van der Waals surface area contributed by atoms with Crippen LogP contribution in [-0.4, -0.2) is 19.6 Å². The second kappa shape index (κ2) is 10.8. The van der Waals surface area contributed by atoms with Gasteiger partial charge in [-0.3, -0.25) is 4.72 Å². The third-order valence-corrected chi connectivity index (χ3v) is 7.10. The summed E-state index contributed by atoms with van der Waals surface area (Å²) in [6.07, 6.45) is 6.27. The Kier molecular flexibility index (Phi) is 8.28. The number of aryl methyl sites for hydroxylation is 1. The Morgan fingerprint density at radius 3 is 2.32 bits per heavy atom. The van der Waals surface area contributed by atoms with Crippen LogP contribution in [0.5, 0.6) is 0 Å². The summed E-state index contributed by atoms with van der Waals surface area (Å²) in [5.74, 6) is 0.374. The van der Waals surface area contributed by atoms with Gasteiger partial charge >= 0.3 is 15.5 Å². The van der Waals surface area contributed by atoms with E-state index >= 15 is 0 Å². The maximum atomic E-state index is 12.9. The summed E-state index contributed by atoms with van der Waals surface area (Å²) in [7, 11) is -5.57. The van der Waals surface area contributed by atoms with Gasteiger partial charge in [0, 0.05) is 5.56 Å². The normalized spacial score (nSPS) is 16.0. The van der Waals surface area contributed by atoms with E-state index in [1.54, 1.807) is 17.7 Å². The lowest BCUT2D eigenvalue weighted by Crippen LogP contribution is -2.30. The van der Waals surface area contributed by atoms with Crippen LogP contribution in [0, 0.1) is 12.8 Å². The molecule has 0 heterocycles. The molecule has 3 rings (SSSR count). The molecular formula is C25H31F3N2O3S. The third-order valence-electron chi connectivity index (χ3n) is 6.00. The first-order valence-electron chi connectivity index (χ1n) is 11.5. The van der Waals surface area contributed by atoms with Crippen molar-refractivity contribution in [3.05, 3.63) is 64.7 Å². The highest BCUT2D eigenvalue weighted by molar-refractivity contribution is 7.93. The Hall–Kier alpha value is -2.55. The molecule has 1 fully saturated rings. The number of rotatable bonds is 8. The molecule has 1 aliphatic carbocycles. The van der Waals surface area contributed by atoms with Crippen molar-refractivity contribution in [3.63, 3.8) is 0 Å². The zero-order valence-corrected chi connectivity index (χ0v) is 20.5. The number of nitrogens with zero attached hydrogens (tertiary/aromatic N) is 1. The molecule has 0 spiro atoms. The Balaban J connectivity index is 1.78. The zero-order valence-electron chi connectivity index (χ0n) is 19.7. The predicted molar refractivity (Wildman–Crippen MR) is 128 cm³/mol. The van der Waals surface area contributed by atoms with Crippen LogP contribution in [0.3, 0.4) is 0 Å². The number of hydrogen-bond donors (Lipinski definition) is 1. The summed E-state index contributed by atoms with van der Waals surface area (Å²) in [5.41, 5.74) is -2.03. The number of hydrogen-bond acceptors (Lipinski definition) is 4. The number of alkyl halides is 3. The fourth-order valence-electron chi connectivity index (χ4n) is 4.13. The molecular weight excluding hydrogens is 465 g/mol. The Morgan fingerprint density at radius 2 is 1.74 bits per heavy atom. The van der Waals surface area contributed by atoms with Gasteiger partial charge in [-0.25, -0.2) is 0 Å². The maximum Gasteiger partial charge on any atom is 0.516 e. The van der Waals surface area contributed by atoms with Gasteiger partial charge in [0.2, 0.25) is 0 Å². The molecule has 0 atom stereocenters. The fourth-order valence-corrected chi connectivity index (χ4v) is 4.71. The molecule has 9 heteroatoms. The van der Waals surface area contributed by atoms with Gasteiger partial charge in [-0.1, -0.05) is 74.2 Å². The first kappa shape index (κ1) is 26.1. The minimum absolute atomic E-state index is 0.191. The number of halogens is 3. The Bertz CT molecular complexity index is 1110. The molecule has 186 valence electrons. The number of anilines is 1. The van der Waals surface area contributed by atoms with Crippen molar-refractivity contribution in [1.82, 2.24) is 0 Å². The molecule has 2 aromatic carbocycles. The highest BCUT2D eigenvalue weighted by Gasteiger charge is 2.46. The standard InChI is InChI=1S/C25H31F3N2O3S/c1-17(2)24(22-15-18(3)9-14-23(22)30-34(31,32)25(26,27)28)29-33-16-19-10-12-21(13-11-19)20-7-5-4-6-8-20/h9-15,17,20,30H,4-8,16H2,1-3H3/b29-24+. The van der Waals surface area contributed by atoms with E-state index in [2.05, 4.69) is 17.3 Å². The molecule has 0 aliphatic heterocycles. The molecule has 5 nitrogen and oxygen atoms in total. The monoisotopic (exact) mass is 496 g/mol. The van der Waals surface area contributed by atoms with Gasteiger partial charge in [0.1, 0.15) is 6.61 Å². The summed E-state index contributed by atoms with van der Waals surface area (Å²) in [4.78, 5) is 5.56. The van der Waals surface area contributed by atoms with E-state index in [0.717, 1.165) is 11.1 Å². The zero-order chi connectivity index (χ0) is 24.9. The van der Waals surface area contributed by atoms with Crippen molar-refractivity contribution in [1.29, 1.82) is 0 Å². The van der Waals surface area contributed by atoms with E-state index < -0.39 is 15.5 Å². The molecule has 0 bridgehead atoms. The molecule has 0 saturated heterocycles. The van der Waals surface area contributed by atoms with Gasteiger partial charge < -0.3 is 4.84 Å². The van der Waals surface area contributed by atoms with Crippen molar-refractivity contribution in [2.24, 2.45) is 11.1 Å². The summed E-state index contributed by atoms with van der Waals surface area (Å²) in [6.45, 7) is 5.58. The number of sulfonamides is 1. The van der Waals surface area contributed by atoms with Gasteiger partial charge in [0.15, 0.2) is 0 Å². The van der Waals surface area contributed by atoms with Crippen LogP contribution in [0.25, 0.3) is 0 Å². The van der Waals surface area contributed by atoms with Gasteiger partial charge in [0.05, 0.1) is 11.4 Å². The van der Waals surface area contributed by atoms with Crippen LogP contribution in [0.15, 0.2) is 47.6 Å². The Morgan fingerprint density at radius 1 is 1.09 bits per heavy atom. The van der Waals surface area contributed by atoms with Crippen molar-refractivity contribution in [2.45, 2.75) is 70.9 Å². The average molecular weight is 497 g/mol. The van der Waals surface area contributed by atoms with Crippen LogP contribution in [0.4, 0.5) is 18.9 Å². The van der Waals surface area contributed by atoms with Crippen molar-refractivity contribution >= 4 is 21.4 Å². The van der Waals surface area contributed by atoms with E-state index in [1.165, 1.54) is 49.8 Å². The van der Waals surface area contributed by atoms with Gasteiger partial charge in [0.25, 0.3) is 0 Å². The SMILES string of the molecule is Cc1ccc(NS(=O)(=O)C(F)(F)F)c(/C(=N/OCc2ccc(C3CCCCC3)cc2)C(C)C)c1. The van der Waals surface area contributed by atoms with E-state index in [9.17, 15) is 21.6 Å². The van der Waals surface area contributed by atoms with E-state index in [4.69, 9.17) is 4.84 Å². The average Bonchev–Trinajstić information content (AvgIpc) is 2.78. The molecule has 1 aliphatic rings. The molecule has 1 saturated carbocycles. The maximum absolute atomic E-state index is 12.9. The molecule has 2 aromatic rings. The van der Waals surface area contributed by atoms with Crippen LogP contribution in [-0.2, 0) is 21.5 Å². The molecule has 0 aromatic heterocycles. The predicted octanol–water partition coefficient (Wildman–Crippen LogP) is 6.88. The summed E-state index contributed by atoms with van der Waals surface area (Å²) < 4.78 is 63.8. The number of nitrogens with one attached hydrogen (secondary N) is 1. The molecule has 0 amide bonds. The van der Waals surface area contributed by atoms with Crippen molar-refractivity contribution < 1.29 is 26.4 Å². The van der Waals surface area contributed by atoms with Crippen LogP contribution < -0.4 is 4.72 Å². The minimum atomic E-state index is -5.57. The van der Waals surface area contributed by atoms with Crippen LogP contribution >= 0.6 is 0 Å². The quantitative estimate of drug-likeness (QED) is 0.320. The minimum Gasteiger partial charge on any atom is -0.391 e. The summed E-state index contributed by atoms with van der Waals surface area (Å²) in [5, 5.41) is 4.20. The summed E-state index contributed by atoms with van der Waals surface area (Å²) in [6, 6.07) is 12.7. The van der Waals surface area contributed by atoms with Gasteiger partial charge in [-0.2, -0.15) is 21.6 Å². The van der Waals surface area contributed by atoms with Gasteiger partial charge in [-0.05, 0) is 54.9 Å². The highest BCUT2D eigenvalue weighted by Crippen LogP contribution is 2.33. The van der Waals surface area contributed by atoms with Crippen molar-refractivity contribution in [2.75, 3.05) is 4.72 Å². The first-order valence-corrected chi connectivity index (χ1v) is 12.9. The Labute approximate surface area is 199 Å². The smallest absolute Gasteiger partial charge is 0.391 e. The van der Waals surface area contributed by atoms with Crippen LogP contribution in [0.1, 0.15) is 74.1 Å². The second-order valence-corrected chi connectivity index (χ2v) is 10.8. The van der Waals surface area contributed by atoms with Gasteiger partial charge in [-0.15, -0.1) is 0 Å². The topological polar surface area (TPSA) is 67.8 Å². The van der Waals surface area contributed by atoms with E-state index in [-0.39, 0.29) is 23.8 Å². The molecule has 34 heavy (non-hydrogen) atoms. The largest absolute Gasteiger partial charge is 0.516 e. The second-order valence-electron chi connectivity index (χ2n) is 9.08. The first-order chi connectivity index (χ1) is 16.0. The lowest BCUT2D eigenvalue weighted by atomic mass is 9.84. The van der Waals surface area contributed by atoms with Crippen LogP contribution in [0.2, 0.25) is 0 Å².